The maximum absolute atomic E-state index is 13.0. The summed E-state index contributed by atoms with van der Waals surface area (Å²) in [6.07, 6.45) is 1.67. The van der Waals surface area contributed by atoms with Crippen LogP contribution in [-0.4, -0.2) is 50.8 Å². The average molecular weight is 423 g/mol. The second kappa shape index (κ2) is 8.51. The zero-order valence-corrected chi connectivity index (χ0v) is 17.5. The molecular weight excluding hydrogens is 400 g/mol. The highest BCUT2D eigenvalue weighted by Gasteiger charge is 2.31. The number of halogens is 1. The van der Waals surface area contributed by atoms with Crippen LogP contribution in [0.25, 0.3) is 0 Å². The van der Waals surface area contributed by atoms with E-state index in [4.69, 9.17) is 16.3 Å². The molecule has 1 aliphatic heterocycles. The Labute approximate surface area is 170 Å². The summed E-state index contributed by atoms with van der Waals surface area (Å²) in [4.78, 5) is 14.4. The van der Waals surface area contributed by atoms with Gasteiger partial charge >= 0.3 is 0 Å². The highest BCUT2D eigenvalue weighted by Crippen LogP contribution is 2.30. The van der Waals surface area contributed by atoms with Gasteiger partial charge in [-0.3, -0.25) is 4.79 Å². The third kappa shape index (κ3) is 4.16. The Morgan fingerprint density at radius 1 is 1.18 bits per heavy atom. The van der Waals surface area contributed by atoms with Crippen LogP contribution in [0.1, 0.15) is 28.8 Å². The molecule has 0 aliphatic carbocycles. The number of benzene rings is 2. The number of sulfonamides is 1. The third-order valence-corrected chi connectivity index (χ3v) is 7.09. The normalized spacial score (nSPS) is 14.8. The second-order valence-corrected chi connectivity index (χ2v) is 9.04. The van der Waals surface area contributed by atoms with Gasteiger partial charge in [-0.1, -0.05) is 29.8 Å². The summed E-state index contributed by atoms with van der Waals surface area (Å²) in [7, 11) is -0.635. The van der Waals surface area contributed by atoms with Crippen molar-refractivity contribution < 1.29 is 17.9 Å². The molecule has 0 radical (unpaired) electrons. The molecule has 1 heterocycles. The molecule has 0 N–H and O–H groups in total. The van der Waals surface area contributed by atoms with Crippen molar-refractivity contribution in [2.24, 2.45) is 0 Å². The monoisotopic (exact) mass is 422 g/mol. The van der Waals surface area contributed by atoms with Crippen LogP contribution in [0.4, 0.5) is 0 Å². The summed E-state index contributed by atoms with van der Waals surface area (Å²) in [6.45, 7) is 1.28. The molecule has 0 atom stereocenters. The Hall–Kier alpha value is -2.09. The molecule has 1 aliphatic rings. The second-order valence-electron chi connectivity index (χ2n) is 6.73. The summed E-state index contributed by atoms with van der Waals surface area (Å²) >= 11 is 6.18. The van der Waals surface area contributed by atoms with Crippen molar-refractivity contribution in [3.63, 3.8) is 0 Å². The molecule has 3 rings (SSSR count). The van der Waals surface area contributed by atoms with Crippen LogP contribution in [0.15, 0.2) is 47.4 Å². The van der Waals surface area contributed by atoms with Crippen LogP contribution in [0.5, 0.6) is 5.75 Å². The van der Waals surface area contributed by atoms with Crippen molar-refractivity contribution in [3.05, 3.63) is 58.6 Å². The van der Waals surface area contributed by atoms with Crippen LogP contribution in [-0.2, 0) is 16.6 Å². The van der Waals surface area contributed by atoms with Crippen LogP contribution in [0.3, 0.4) is 0 Å². The van der Waals surface area contributed by atoms with Crippen molar-refractivity contribution in [1.29, 1.82) is 0 Å². The van der Waals surface area contributed by atoms with Gasteiger partial charge in [0.25, 0.3) is 5.91 Å². The summed E-state index contributed by atoms with van der Waals surface area (Å²) in [5.74, 6) is -0.0577. The fourth-order valence-electron chi connectivity index (χ4n) is 3.25. The minimum absolute atomic E-state index is 0.0221. The number of amides is 1. The zero-order chi connectivity index (χ0) is 20.3. The first-order valence-corrected chi connectivity index (χ1v) is 10.8. The predicted octanol–water partition coefficient (Wildman–Crippen LogP) is 3.41. The van der Waals surface area contributed by atoms with Crippen LogP contribution in [0, 0.1) is 0 Å². The first-order chi connectivity index (χ1) is 13.3. The van der Waals surface area contributed by atoms with Gasteiger partial charge in [0.2, 0.25) is 10.0 Å². The molecule has 0 spiro atoms. The highest BCUT2D eigenvalue weighted by atomic mass is 35.5. The van der Waals surface area contributed by atoms with Gasteiger partial charge in [-0.25, -0.2) is 8.42 Å². The molecule has 28 heavy (non-hydrogen) atoms. The van der Waals surface area contributed by atoms with E-state index >= 15 is 0 Å². The lowest BCUT2D eigenvalue weighted by atomic mass is 10.1. The van der Waals surface area contributed by atoms with Crippen molar-refractivity contribution in [2.45, 2.75) is 24.3 Å². The Kier molecular flexibility index (Phi) is 6.27. The number of hydrogen-bond acceptors (Lipinski definition) is 4. The minimum atomic E-state index is -3.71. The fraction of sp³-hybridized carbons (Fsp3) is 0.350. The molecule has 1 saturated heterocycles. The van der Waals surface area contributed by atoms with Gasteiger partial charge < -0.3 is 9.64 Å². The molecule has 0 unspecified atom stereocenters. The van der Waals surface area contributed by atoms with E-state index in [-0.39, 0.29) is 22.1 Å². The average Bonchev–Trinajstić information content (AvgIpc) is 3.24. The molecule has 1 amide bonds. The van der Waals surface area contributed by atoms with E-state index in [2.05, 4.69) is 0 Å². The molecule has 2 aromatic rings. The van der Waals surface area contributed by atoms with Gasteiger partial charge in [0.1, 0.15) is 10.6 Å². The van der Waals surface area contributed by atoms with E-state index in [0.717, 1.165) is 18.4 Å². The molecule has 0 bridgehead atoms. The predicted molar refractivity (Wildman–Crippen MR) is 108 cm³/mol. The molecule has 2 aromatic carbocycles. The standard InChI is InChI=1S/C20H23ClN2O4S/c1-22(14-16-7-3-4-8-17(16)21)20(24)15-9-10-18(27-2)19(13-15)28(25,26)23-11-5-6-12-23/h3-4,7-10,13H,5-6,11-12,14H2,1-2H3. The van der Waals surface area contributed by atoms with E-state index in [1.54, 1.807) is 19.2 Å². The zero-order valence-electron chi connectivity index (χ0n) is 15.9. The number of ether oxygens (including phenoxy) is 1. The van der Waals surface area contributed by atoms with Gasteiger partial charge in [-0.2, -0.15) is 4.31 Å². The fourth-order valence-corrected chi connectivity index (χ4v) is 5.15. The van der Waals surface area contributed by atoms with E-state index in [1.807, 2.05) is 18.2 Å². The van der Waals surface area contributed by atoms with Crippen molar-refractivity contribution in [1.82, 2.24) is 9.21 Å². The largest absolute Gasteiger partial charge is 0.495 e. The van der Waals surface area contributed by atoms with Gasteiger partial charge in [-0.05, 0) is 42.7 Å². The quantitative estimate of drug-likeness (QED) is 0.715. The number of methoxy groups -OCH3 is 1. The van der Waals surface area contributed by atoms with Crippen molar-refractivity contribution in [2.75, 3.05) is 27.2 Å². The summed E-state index contributed by atoms with van der Waals surface area (Å²) < 4.78 is 32.7. The molecule has 1 fully saturated rings. The molecule has 150 valence electrons. The summed E-state index contributed by atoms with van der Waals surface area (Å²) in [5, 5.41) is 0.578. The Morgan fingerprint density at radius 2 is 1.86 bits per heavy atom. The molecule has 8 heteroatoms. The van der Waals surface area contributed by atoms with Gasteiger partial charge in [0, 0.05) is 37.3 Å². The Balaban J connectivity index is 1.90. The third-order valence-electron chi connectivity index (χ3n) is 4.81. The summed E-state index contributed by atoms with van der Waals surface area (Å²) in [6, 6.07) is 11.8. The van der Waals surface area contributed by atoms with E-state index in [1.165, 1.54) is 28.4 Å². The Bertz CT molecular complexity index is 972. The maximum atomic E-state index is 13.0. The van der Waals surface area contributed by atoms with Crippen LogP contribution < -0.4 is 4.74 Å². The van der Waals surface area contributed by atoms with Gasteiger partial charge in [-0.15, -0.1) is 0 Å². The van der Waals surface area contributed by atoms with E-state index < -0.39 is 10.0 Å². The van der Waals surface area contributed by atoms with Gasteiger partial charge in [0.15, 0.2) is 0 Å². The smallest absolute Gasteiger partial charge is 0.253 e. The highest BCUT2D eigenvalue weighted by molar-refractivity contribution is 7.89. The summed E-state index contributed by atoms with van der Waals surface area (Å²) in [5.41, 5.74) is 1.10. The number of carbonyl (C=O) groups is 1. The first-order valence-electron chi connectivity index (χ1n) is 9.01. The molecular formula is C20H23ClN2O4S. The lowest BCUT2D eigenvalue weighted by Crippen LogP contribution is -2.29. The number of carbonyl (C=O) groups excluding carboxylic acids is 1. The SMILES string of the molecule is COc1ccc(C(=O)N(C)Cc2ccccc2Cl)cc1S(=O)(=O)N1CCCC1. The topological polar surface area (TPSA) is 66.9 Å². The van der Waals surface area contributed by atoms with Crippen molar-refractivity contribution >= 4 is 27.5 Å². The minimum Gasteiger partial charge on any atom is -0.495 e. The van der Waals surface area contributed by atoms with Gasteiger partial charge in [0.05, 0.1) is 7.11 Å². The lowest BCUT2D eigenvalue weighted by molar-refractivity contribution is 0.0785. The number of nitrogens with zero attached hydrogens (tertiary/aromatic N) is 2. The Morgan fingerprint density at radius 3 is 2.50 bits per heavy atom. The molecule has 0 saturated carbocycles. The lowest BCUT2D eigenvalue weighted by Gasteiger charge is -2.21. The van der Waals surface area contributed by atoms with Crippen LogP contribution in [0.2, 0.25) is 5.02 Å². The number of hydrogen-bond donors (Lipinski definition) is 0. The number of rotatable bonds is 6. The molecule has 6 nitrogen and oxygen atoms in total. The van der Waals surface area contributed by atoms with E-state index in [0.29, 0.717) is 24.7 Å². The maximum Gasteiger partial charge on any atom is 0.253 e. The van der Waals surface area contributed by atoms with Crippen molar-refractivity contribution in [3.8, 4) is 5.75 Å². The first kappa shape index (κ1) is 20.6. The van der Waals surface area contributed by atoms with E-state index in [9.17, 15) is 13.2 Å². The molecule has 0 aromatic heterocycles. The van der Waals surface area contributed by atoms with Crippen LogP contribution >= 0.6 is 11.6 Å².